The lowest BCUT2D eigenvalue weighted by atomic mass is 10.5. The first-order valence-corrected chi connectivity index (χ1v) is 4.04. The zero-order chi connectivity index (χ0) is 7.49. The molecule has 0 heterocycles. The summed E-state index contributed by atoms with van der Waals surface area (Å²) in [7, 11) is 6.05. The van der Waals surface area contributed by atoms with E-state index in [1.807, 2.05) is 27.4 Å². The van der Waals surface area contributed by atoms with Gasteiger partial charge in [-0.2, -0.15) is 5.26 Å². The quantitative estimate of drug-likeness (QED) is 0.360. The molecule has 0 N–H and O–H groups in total. The number of halogens is 1. The average Bonchev–Trinajstić information content (AvgIpc) is 1.65. The van der Waals surface area contributed by atoms with E-state index in [1.165, 1.54) is 0 Å². The molecule has 0 radical (unpaired) electrons. The molecule has 1 unspecified atom stereocenters. The SMILES string of the molecule is CSC(C#N)[N+](C)(C)C.[Cl-]. The fourth-order valence-electron chi connectivity index (χ4n) is 0.542. The highest BCUT2D eigenvalue weighted by atomic mass is 35.5. The highest BCUT2D eigenvalue weighted by Gasteiger charge is 2.20. The zero-order valence-corrected chi connectivity index (χ0v) is 8.33. The van der Waals surface area contributed by atoms with Gasteiger partial charge in [0.25, 0.3) is 0 Å². The number of hydrogen-bond donors (Lipinski definition) is 0. The van der Waals surface area contributed by atoms with Crippen molar-refractivity contribution in [1.29, 1.82) is 5.26 Å². The maximum absolute atomic E-state index is 8.58. The summed E-state index contributed by atoms with van der Waals surface area (Å²) in [6.45, 7) is 0. The summed E-state index contributed by atoms with van der Waals surface area (Å²) in [6, 6.07) is 2.23. The lowest BCUT2D eigenvalue weighted by molar-refractivity contribution is -0.872. The fraction of sp³-hybridized carbons (Fsp3) is 0.833. The Hall–Kier alpha value is 0.0900. The molecule has 0 amide bonds. The van der Waals surface area contributed by atoms with E-state index in [4.69, 9.17) is 5.26 Å². The number of rotatable bonds is 2. The summed E-state index contributed by atoms with van der Waals surface area (Å²) < 4.78 is 0.706. The molecule has 0 rings (SSSR count). The largest absolute Gasteiger partial charge is 1.00 e. The van der Waals surface area contributed by atoms with Crippen LogP contribution in [0.5, 0.6) is 0 Å². The molecule has 2 nitrogen and oxygen atoms in total. The van der Waals surface area contributed by atoms with Crippen molar-refractivity contribution in [3.63, 3.8) is 0 Å². The highest BCUT2D eigenvalue weighted by molar-refractivity contribution is 7.99. The average molecular weight is 181 g/mol. The Kier molecular flexibility index (Phi) is 6.16. The molecule has 0 aromatic rings. The minimum Gasteiger partial charge on any atom is -1.00 e. The van der Waals surface area contributed by atoms with Gasteiger partial charge in [-0.05, 0) is 6.26 Å². The number of hydrogen-bond acceptors (Lipinski definition) is 2. The van der Waals surface area contributed by atoms with Gasteiger partial charge in [0.1, 0.15) is 6.07 Å². The Labute approximate surface area is 73.2 Å². The number of nitriles is 1. The van der Waals surface area contributed by atoms with Crippen LogP contribution >= 0.6 is 11.8 Å². The van der Waals surface area contributed by atoms with Crippen LogP contribution in [-0.4, -0.2) is 37.3 Å². The van der Waals surface area contributed by atoms with Gasteiger partial charge in [-0.1, -0.05) is 11.8 Å². The predicted molar refractivity (Wildman–Crippen MR) is 40.9 cm³/mol. The molecule has 0 saturated carbocycles. The highest BCUT2D eigenvalue weighted by Crippen LogP contribution is 2.12. The molecule has 0 aliphatic carbocycles. The molecule has 0 aliphatic rings. The van der Waals surface area contributed by atoms with Crippen molar-refractivity contribution in [2.75, 3.05) is 27.4 Å². The van der Waals surface area contributed by atoms with Gasteiger partial charge < -0.3 is 16.9 Å². The van der Waals surface area contributed by atoms with E-state index < -0.39 is 0 Å². The summed E-state index contributed by atoms with van der Waals surface area (Å²) in [5, 5.41) is 8.64. The summed E-state index contributed by atoms with van der Waals surface area (Å²) in [4.78, 5) is 0. The molecule has 0 aromatic carbocycles. The predicted octanol–water partition coefficient (Wildman–Crippen LogP) is -2.09. The van der Waals surface area contributed by atoms with Crippen LogP contribution in [0.25, 0.3) is 0 Å². The van der Waals surface area contributed by atoms with E-state index in [0.717, 1.165) is 0 Å². The first-order valence-electron chi connectivity index (χ1n) is 2.76. The van der Waals surface area contributed by atoms with Crippen LogP contribution in [0.2, 0.25) is 0 Å². The minimum atomic E-state index is 0. The second-order valence-corrected chi connectivity index (χ2v) is 3.75. The third kappa shape index (κ3) is 3.99. The zero-order valence-electron chi connectivity index (χ0n) is 6.76. The van der Waals surface area contributed by atoms with Gasteiger partial charge in [-0.25, -0.2) is 0 Å². The van der Waals surface area contributed by atoms with Crippen molar-refractivity contribution in [2.24, 2.45) is 0 Å². The van der Waals surface area contributed by atoms with Crippen LogP contribution in [0.15, 0.2) is 0 Å². The van der Waals surface area contributed by atoms with Gasteiger partial charge in [-0.3, -0.25) is 0 Å². The maximum atomic E-state index is 8.58. The number of nitrogens with zero attached hydrogens (tertiary/aromatic N) is 2. The third-order valence-electron chi connectivity index (χ3n) is 1.04. The molecular formula is C6H13ClN2S. The van der Waals surface area contributed by atoms with Gasteiger partial charge in [0.2, 0.25) is 5.37 Å². The van der Waals surface area contributed by atoms with Crippen molar-refractivity contribution in [3.8, 4) is 6.07 Å². The van der Waals surface area contributed by atoms with E-state index in [0.29, 0.717) is 4.48 Å². The number of thioether (sulfide) groups is 1. The molecule has 0 fully saturated rings. The topological polar surface area (TPSA) is 23.8 Å². The van der Waals surface area contributed by atoms with E-state index in [2.05, 4.69) is 6.07 Å². The van der Waals surface area contributed by atoms with Crippen LogP contribution in [0, 0.1) is 11.3 Å². The van der Waals surface area contributed by atoms with E-state index in [1.54, 1.807) is 11.8 Å². The minimum absolute atomic E-state index is 0. The standard InChI is InChI=1S/C6H13N2S.ClH/c1-8(2,3)6(5-7)9-4;/h6H,1-4H3;1H/q+1;/p-1. The van der Waals surface area contributed by atoms with Crippen molar-refractivity contribution in [1.82, 2.24) is 0 Å². The first kappa shape index (κ1) is 12.7. The molecule has 0 aromatic heterocycles. The molecule has 4 heteroatoms. The molecular weight excluding hydrogens is 168 g/mol. The van der Waals surface area contributed by atoms with Crippen molar-refractivity contribution < 1.29 is 16.9 Å². The molecule has 0 spiro atoms. The van der Waals surface area contributed by atoms with Gasteiger partial charge in [0, 0.05) is 0 Å². The Morgan fingerprint density at radius 2 is 1.80 bits per heavy atom. The van der Waals surface area contributed by atoms with Crippen molar-refractivity contribution >= 4 is 11.8 Å². The van der Waals surface area contributed by atoms with Crippen LogP contribution in [0.3, 0.4) is 0 Å². The Bertz CT molecular complexity index is 125. The lowest BCUT2D eigenvalue weighted by Crippen LogP contribution is -3.00. The Balaban J connectivity index is 0. The fourth-order valence-corrected chi connectivity index (χ4v) is 1.28. The van der Waals surface area contributed by atoms with Crippen molar-refractivity contribution in [2.45, 2.75) is 5.37 Å². The van der Waals surface area contributed by atoms with Crippen LogP contribution < -0.4 is 12.4 Å². The van der Waals surface area contributed by atoms with Gasteiger partial charge in [0.15, 0.2) is 0 Å². The van der Waals surface area contributed by atoms with Gasteiger partial charge in [0.05, 0.1) is 21.1 Å². The molecule has 0 bridgehead atoms. The smallest absolute Gasteiger partial charge is 0.222 e. The normalized spacial score (nSPS) is 13.1. The molecule has 0 saturated heterocycles. The van der Waals surface area contributed by atoms with Crippen LogP contribution in [0.1, 0.15) is 0 Å². The number of quaternary nitrogens is 1. The summed E-state index contributed by atoms with van der Waals surface area (Å²) in [5.41, 5.74) is 0. The van der Waals surface area contributed by atoms with Crippen LogP contribution in [-0.2, 0) is 0 Å². The first-order chi connectivity index (χ1) is 4.02. The maximum Gasteiger partial charge on any atom is 0.222 e. The van der Waals surface area contributed by atoms with E-state index in [-0.39, 0.29) is 17.8 Å². The van der Waals surface area contributed by atoms with Crippen molar-refractivity contribution in [3.05, 3.63) is 0 Å². The van der Waals surface area contributed by atoms with Crippen LogP contribution in [0.4, 0.5) is 0 Å². The molecule has 60 valence electrons. The lowest BCUT2D eigenvalue weighted by Gasteiger charge is -2.27. The Morgan fingerprint density at radius 3 is 1.80 bits per heavy atom. The van der Waals surface area contributed by atoms with Gasteiger partial charge in [-0.15, -0.1) is 0 Å². The summed E-state index contributed by atoms with van der Waals surface area (Å²) in [5.74, 6) is 0. The summed E-state index contributed by atoms with van der Waals surface area (Å²) in [6.07, 6.45) is 1.96. The molecule has 0 aliphatic heterocycles. The van der Waals surface area contributed by atoms with Gasteiger partial charge >= 0.3 is 0 Å². The molecule has 1 atom stereocenters. The Morgan fingerprint density at radius 1 is 1.40 bits per heavy atom. The molecule has 10 heavy (non-hydrogen) atoms. The monoisotopic (exact) mass is 180 g/mol. The van der Waals surface area contributed by atoms with E-state index in [9.17, 15) is 0 Å². The second kappa shape index (κ2) is 4.84. The second-order valence-electron chi connectivity index (χ2n) is 2.83. The van der Waals surface area contributed by atoms with E-state index >= 15 is 0 Å². The third-order valence-corrected chi connectivity index (χ3v) is 2.22. The summed E-state index contributed by atoms with van der Waals surface area (Å²) >= 11 is 1.59.